The Bertz CT molecular complexity index is 737. The van der Waals surface area contributed by atoms with E-state index < -0.39 is 0 Å². The Labute approximate surface area is 139 Å². The molecule has 0 radical (unpaired) electrons. The molecule has 3 nitrogen and oxygen atoms in total. The summed E-state index contributed by atoms with van der Waals surface area (Å²) < 4.78 is 12.2. The van der Waals surface area contributed by atoms with Crippen molar-refractivity contribution in [3.63, 3.8) is 0 Å². The highest BCUT2D eigenvalue weighted by Crippen LogP contribution is 2.35. The van der Waals surface area contributed by atoms with Gasteiger partial charge in [-0.15, -0.1) is 0 Å². The predicted octanol–water partition coefficient (Wildman–Crippen LogP) is 5.28. The molecule has 2 aromatic carbocycles. The van der Waals surface area contributed by atoms with Crippen molar-refractivity contribution < 1.29 is 9.15 Å². The molecule has 3 aromatic rings. The number of para-hydroxylation sites is 2. The molecule has 1 atom stereocenters. The molecule has 0 aliphatic heterocycles. The number of oxazole rings is 1. The maximum atomic E-state index is 5.77. The van der Waals surface area contributed by atoms with Crippen LogP contribution in [0.15, 0.2) is 51.4 Å². The first-order chi connectivity index (χ1) is 10.2. The van der Waals surface area contributed by atoms with Crippen molar-refractivity contribution in [1.82, 2.24) is 4.98 Å². The summed E-state index contributed by atoms with van der Waals surface area (Å²) in [7, 11) is 1.67. The van der Waals surface area contributed by atoms with Gasteiger partial charge in [-0.2, -0.15) is 0 Å². The van der Waals surface area contributed by atoms with Crippen LogP contribution in [0, 0.1) is 0 Å². The number of alkyl halides is 1. The molecule has 0 bridgehead atoms. The third-order valence-electron chi connectivity index (χ3n) is 3.22. The minimum absolute atomic E-state index is 0.0774. The second-order valence-corrected chi connectivity index (χ2v) is 6.65. The molecular formula is C16H13Br2NO2. The van der Waals surface area contributed by atoms with Gasteiger partial charge in [-0.1, -0.05) is 50.1 Å². The second kappa shape index (κ2) is 6.20. The van der Waals surface area contributed by atoms with E-state index in [0.29, 0.717) is 12.3 Å². The molecule has 5 heteroatoms. The SMILES string of the molecule is COc1cc(Br)ccc1C(Br)Cc1nc2ccccc2o1. The van der Waals surface area contributed by atoms with E-state index in [9.17, 15) is 0 Å². The van der Waals surface area contributed by atoms with Crippen molar-refractivity contribution >= 4 is 43.0 Å². The van der Waals surface area contributed by atoms with E-state index >= 15 is 0 Å². The zero-order valence-electron chi connectivity index (χ0n) is 11.3. The predicted molar refractivity (Wildman–Crippen MR) is 90.1 cm³/mol. The van der Waals surface area contributed by atoms with Gasteiger partial charge < -0.3 is 9.15 Å². The van der Waals surface area contributed by atoms with Gasteiger partial charge in [0.05, 0.1) is 11.9 Å². The number of fused-ring (bicyclic) bond motifs is 1. The number of nitrogens with zero attached hydrogens (tertiary/aromatic N) is 1. The standard InChI is InChI=1S/C16H13Br2NO2/c1-20-15-8-10(17)6-7-11(15)12(18)9-16-19-13-4-2-3-5-14(13)21-16/h2-8,12H,9H2,1H3. The molecule has 1 unspecified atom stereocenters. The summed E-state index contributed by atoms with van der Waals surface area (Å²) >= 11 is 7.15. The fraction of sp³-hybridized carbons (Fsp3) is 0.188. The smallest absolute Gasteiger partial charge is 0.196 e. The quantitative estimate of drug-likeness (QED) is 0.549. The molecule has 0 fully saturated rings. The summed E-state index contributed by atoms with van der Waals surface area (Å²) in [5, 5.41) is 0. The number of ether oxygens (including phenoxy) is 1. The fourth-order valence-corrected chi connectivity index (χ4v) is 3.21. The van der Waals surface area contributed by atoms with Crippen LogP contribution in [-0.4, -0.2) is 12.1 Å². The highest BCUT2D eigenvalue weighted by molar-refractivity contribution is 9.10. The number of methoxy groups -OCH3 is 1. The van der Waals surface area contributed by atoms with Crippen molar-refractivity contribution in [2.75, 3.05) is 7.11 Å². The maximum absolute atomic E-state index is 5.77. The van der Waals surface area contributed by atoms with Crippen LogP contribution in [0.4, 0.5) is 0 Å². The first-order valence-electron chi connectivity index (χ1n) is 6.49. The molecule has 1 aromatic heterocycles. The van der Waals surface area contributed by atoms with Crippen molar-refractivity contribution in [3.05, 3.63) is 58.4 Å². The van der Waals surface area contributed by atoms with E-state index in [2.05, 4.69) is 36.8 Å². The molecule has 21 heavy (non-hydrogen) atoms. The first-order valence-corrected chi connectivity index (χ1v) is 8.20. The molecular weight excluding hydrogens is 398 g/mol. The summed E-state index contributed by atoms with van der Waals surface area (Å²) in [6, 6.07) is 13.8. The van der Waals surface area contributed by atoms with Crippen LogP contribution in [0.3, 0.4) is 0 Å². The van der Waals surface area contributed by atoms with Crippen LogP contribution in [0.25, 0.3) is 11.1 Å². The number of benzene rings is 2. The molecule has 0 amide bonds. The largest absolute Gasteiger partial charge is 0.496 e. The van der Waals surface area contributed by atoms with Gasteiger partial charge >= 0.3 is 0 Å². The third-order valence-corrected chi connectivity index (χ3v) is 4.54. The Morgan fingerprint density at radius 2 is 2.05 bits per heavy atom. The van der Waals surface area contributed by atoms with E-state index in [4.69, 9.17) is 9.15 Å². The Morgan fingerprint density at radius 3 is 2.81 bits per heavy atom. The van der Waals surface area contributed by atoms with Crippen molar-refractivity contribution in [2.24, 2.45) is 0 Å². The van der Waals surface area contributed by atoms with Crippen molar-refractivity contribution in [1.29, 1.82) is 0 Å². The van der Waals surface area contributed by atoms with Crippen LogP contribution < -0.4 is 4.74 Å². The monoisotopic (exact) mass is 409 g/mol. The van der Waals surface area contributed by atoms with Crippen molar-refractivity contribution in [2.45, 2.75) is 11.2 Å². The lowest BCUT2D eigenvalue weighted by molar-refractivity contribution is 0.408. The topological polar surface area (TPSA) is 35.3 Å². The zero-order chi connectivity index (χ0) is 14.8. The minimum atomic E-state index is 0.0774. The highest BCUT2D eigenvalue weighted by atomic mass is 79.9. The normalized spacial score (nSPS) is 12.5. The molecule has 3 rings (SSSR count). The van der Waals surface area contributed by atoms with Crippen LogP contribution in [0.5, 0.6) is 5.75 Å². The fourth-order valence-electron chi connectivity index (χ4n) is 2.21. The zero-order valence-corrected chi connectivity index (χ0v) is 14.5. The molecule has 0 N–H and O–H groups in total. The molecule has 0 spiro atoms. The number of hydrogen-bond acceptors (Lipinski definition) is 3. The summed E-state index contributed by atoms with van der Waals surface area (Å²) in [5.41, 5.74) is 2.77. The van der Waals surface area contributed by atoms with Gasteiger partial charge in [0, 0.05) is 16.5 Å². The van der Waals surface area contributed by atoms with Crippen LogP contribution >= 0.6 is 31.9 Å². The van der Waals surface area contributed by atoms with Gasteiger partial charge in [0.25, 0.3) is 0 Å². The van der Waals surface area contributed by atoms with E-state index in [1.807, 2.05) is 42.5 Å². The molecule has 0 saturated heterocycles. The van der Waals surface area contributed by atoms with E-state index in [0.717, 1.165) is 26.9 Å². The van der Waals surface area contributed by atoms with E-state index in [1.165, 1.54) is 0 Å². The molecule has 1 heterocycles. The third kappa shape index (κ3) is 3.14. The summed E-state index contributed by atoms with van der Waals surface area (Å²) in [6.07, 6.45) is 0.659. The molecule has 0 saturated carbocycles. The summed E-state index contributed by atoms with van der Waals surface area (Å²) in [5.74, 6) is 1.55. The Kier molecular flexibility index (Phi) is 4.31. The first kappa shape index (κ1) is 14.6. The van der Waals surface area contributed by atoms with Gasteiger partial charge in [0.1, 0.15) is 11.3 Å². The number of halogens is 2. The number of rotatable bonds is 4. The molecule has 108 valence electrons. The van der Waals surface area contributed by atoms with E-state index in [-0.39, 0.29) is 4.83 Å². The summed E-state index contributed by atoms with van der Waals surface area (Å²) in [6.45, 7) is 0. The van der Waals surface area contributed by atoms with Gasteiger partial charge in [0.2, 0.25) is 0 Å². The number of hydrogen-bond donors (Lipinski definition) is 0. The minimum Gasteiger partial charge on any atom is -0.496 e. The van der Waals surface area contributed by atoms with Gasteiger partial charge in [0.15, 0.2) is 11.5 Å². The van der Waals surface area contributed by atoms with E-state index in [1.54, 1.807) is 7.11 Å². The average Bonchev–Trinajstić information content (AvgIpc) is 2.88. The van der Waals surface area contributed by atoms with Crippen LogP contribution in [-0.2, 0) is 6.42 Å². The number of aromatic nitrogens is 1. The van der Waals surface area contributed by atoms with Gasteiger partial charge in [-0.3, -0.25) is 0 Å². The van der Waals surface area contributed by atoms with Crippen LogP contribution in [0.2, 0.25) is 0 Å². The lowest BCUT2D eigenvalue weighted by Gasteiger charge is -2.13. The highest BCUT2D eigenvalue weighted by Gasteiger charge is 2.17. The Morgan fingerprint density at radius 1 is 1.24 bits per heavy atom. The molecule has 0 aliphatic rings. The summed E-state index contributed by atoms with van der Waals surface area (Å²) in [4.78, 5) is 4.58. The van der Waals surface area contributed by atoms with Gasteiger partial charge in [-0.05, 0) is 24.3 Å². The lowest BCUT2D eigenvalue weighted by Crippen LogP contribution is -1.99. The second-order valence-electron chi connectivity index (χ2n) is 4.63. The lowest BCUT2D eigenvalue weighted by atomic mass is 10.1. The Hall–Kier alpha value is -1.33. The van der Waals surface area contributed by atoms with Crippen LogP contribution in [0.1, 0.15) is 16.3 Å². The molecule has 0 aliphatic carbocycles. The van der Waals surface area contributed by atoms with Crippen molar-refractivity contribution in [3.8, 4) is 5.75 Å². The average molecular weight is 411 g/mol. The Balaban J connectivity index is 1.87. The van der Waals surface area contributed by atoms with Gasteiger partial charge in [-0.25, -0.2) is 4.98 Å². The maximum Gasteiger partial charge on any atom is 0.196 e.